The molecule has 4 nitrogen and oxygen atoms in total. The Balaban J connectivity index is 1.40. The summed E-state index contributed by atoms with van der Waals surface area (Å²) in [4.78, 5) is 20.5. The third kappa shape index (κ3) is 3.94. The molecule has 1 N–H and O–H groups in total. The molecular weight excluding hydrogens is 381 g/mol. The number of piperidine rings is 1. The van der Waals surface area contributed by atoms with Gasteiger partial charge in [-0.1, -0.05) is 23.5 Å². The second-order valence-electron chi connectivity index (χ2n) is 6.56. The zero-order valence-electron chi connectivity index (χ0n) is 14.9. The molecule has 1 aromatic heterocycles. The van der Waals surface area contributed by atoms with Gasteiger partial charge in [-0.3, -0.25) is 4.79 Å². The molecule has 1 aliphatic rings. The summed E-state index contributed by atoms with van der Waals surface area (Å²) < 4.78 is 14.2. The molecule has 0 unspecified atom stereocenters. The number of carbonyl (C=O) groups excluding carboxylic acids is 1. The van der Waals surface area contributed by atoms with Crippen molar-refractivity contribution in [2.45, 2.75) is 17.7 Å². The van der Waals surface area contributed by atoms with E-state index in [0.29, 0.717) is 0 Å². The number of thioether (sulfide) groups is 1. The number of aromatic nitrogens is 1. The highest BCUT2D eigenvalue weighted by Gasteiger charge is 2.27. The average Bonchev–Trinajstić information content (AvgIpc) is 3.11. The van der Waals surface area contributed by atoms with Crippen molar-refractivity contribution in [2.24, 2.45) is 5.92 Å². The number of nitrogens with zero attached hydrogens (tertiary/aromatic N) is 2. The molecule has 4 rings (SSSR count). The van der Waals surface area contributed by atoms with Gasteiger partial charge in [0.1, 0.15) is 5.82 Å². The van der Waals surface area contributed by atoms with Gasteiger partial charge in [-0.25, -0.2) is 9.37 Å². The highest BCUT2D eigenvalue weighted by molar-refractivity contribution is 7.98. The number of halogens is 1. The third-order valence-electron chi connectivity index (χ3n) is 4.84. The van der Waals surface area contributed by atoms with Gasteiger partial charge in [-0.05, 0) is 49.4 Å². The predicted molar refractivity (Wildman–Crippen MR) is 111 cm³/mol. The number of benzene rings is 2. The molecule has 7 heteroatoms. The van der Waals surface area contributed by atoms with Gasteiger partial charge >= 0.3 is 0 Å². The van der Waals surface area contributed by atoms with Crippen molar-refractivity contribution in [1.29, 1.82) is 0 Å². The number of amides is 1. The lowest BCUT2D eigenvalue weighted by Gasteiger charge is -2.31. The minimum absolute atomic E-state index is 0.00276. The van der Waals surface area contributed by atoms with Crippen molar-refractivity contribution < 1.29 is 9.18 Å². The lowest BCUT2D eigenvalue weighted by Crippen LogP contribution is -2.38. The molecule has 1 amide bonds. The fourth-order valence-corrected chi connectivity index (χ4v) is 4.93. The molecule has 3 aromatic rings. The molecule has 0 bridgehead atoms. The van der Waals surface area contributed by atoms with Gasteiger partial charge in [-0.15, -0.1) is 11.8 Å². The molecule has 2 heterocycles. The van der Waals surface area contributed by atoms with Gasteiger partial charge in [0.25, 0.3) is 0 Å². The highest BCUT2D eigenvalue weighted by atomic mass is 32.2. The first-order valence-electron chi connectivity index (χ1n) is 8.89. The molecule has 27 heavy (non-hydrogen) atoms. The van der Waals surface area contributed by atoms with E-state index in [1.54, 1.807) is 17.8 Å². The first-order chi connectivity index (χ1) is 13.1. The van der Waals surface area contributed by atoms with Gasteiger partial charge in [0.2, 0.25) is 5.91 Å². The standard InChI is InChI=1S/C20H20FN3OS2/c1-26-17-5-3-2-4-15(17)22-19(25)13-8-10-24(11-9-13)20-23-16-7-6-14(21)12-18(16)27-20/h2-7,12-13H,8-11H2,1H3,(H,22,25). The summed E-state index contributed by atoms with van der Waals surface area (Å²) in [5, 5.41) is 3.99. The van der Waals surface area contributed by atoms with Crippen molar-refractivity contribution in [3.63, 3.8) is 0 Å². The van der Waals surface area contributed by atoms with E-state index in [1.807, 2.05) is 30.5 Å². The maximum Gasteiger partial charge on any atom is 0.227 e. The van der Waals surface area contributed by atoms with Crippen molar-refractivity contribution in [2.75, 3.05) is 29.6 Å². The smallest absolute Gasteiger partial charge is 0.227 e. The van der Waals surface area contributed by atoms with Crippen molar-refractivity contribution in [3.8, 4) is 0 Å². The molecular formula is C20H20FN3OS2. The van der Waals surface area contributed by atoms with E-state index in [0.717, 1.165) is 51.9 Å². The zero-order chi connectivity index (χ0) is 18.8. The maximum absolute atomic E-state index is 13.4. The van der Waals surface area contributed by atoms with Crippen LogP contribution < -0.4 is 10.2 Å². The summed E-state index contributed by atoms with van der Waals surface area (Å²) in [6.07, 6.45) is 3.59. The second-order valence-corrected chi connectivity index (χ2v) is 8.42. The van der Waals surface area contributed by atoms with Crippen LogP contribution >= 0.6 is 23.1 Å². The van der Waals surface area contributed by atoms with Crippen LogP contribution in [0.15, 0.2) is 47.4 Å². The Morgan fingerprint density at radius 2 is 2.04 bits per heavy atom. The summed E-state index contributed by atoms with van der Waals surface area (Å²) in [7, 11) is 0. The monoisotopic (exact) mass is 401 g/mol. The highest BCUT2D eigenvalue weighted by Crippen LogP contribution is 2.32. The van der Waals surface area contributed by atoms with Gasteiger partial charge in [0.05, 0.1) is 15.9 Å². The quantitative estimate of drug-likeness (QED) is 0.624. The number of carbonyl (C=O) groups is 1. The summed E-state index contributed by atoms with van der Waals surface area (Å²) in [6, 6.07) is 12.6. The SMILES string of the molecule is CSc1ccccc1NC(=O)C1CCN(c2nc3ccc(F)cc3s2)CC1. The second kappa shape index (κ2) is 7.86. The average molecular weight is 402 g/mol. The normalized spacial score (nSPS) is 15.3. The Morgan fingerprint density at radius 3 is 2.81 bits per heavy atom. The Kier molecular flexibility index (Phi) is 5.31. The number of hydrogen-bond donors (Lipinski definition) is 1. The molecule has 0 aliphatic carbocycles. The van der Waals surface area contributed by atoms with Crippen LogP contribution in [-0.2, 0) is 4.79 Å². The molecule has 0 radical (unpaired) electrons. The summed E-state index contributed by atoms with van der Waals surface area (Å²) in [5.74, 6) is -0.149. The van der Waals surface area contributed by atoms with Crippen LogP contribution in [0, 0.1) is 11.7 Å². The number of fused-ring (bicyclic) bond motifs is 1. The van der Waals surface area contributed by atoms with Gasteiger partial charge in [-0.2, -0.15) is 0 Å². The van der Waals surface area contributed by atoms with Crippen molar-refractivity contribution >= 4 is 50.0 Å². The van der Waals surface area contributed by atoms with Gasteiger partial charge in [0, 0.05) is 23.9 Å². The Bertz CT molecular complexity index is 967. The topological polar surface area (TPSA) is 45.2 Å². The summed E-state index contributed by atoms with van der Waals surface area (Å²) >= 11 is 3.13. The van der Waals surface area contributed by atoms with E-state index in [4.69, 9.17) is 0 Å². The van der Waals surface area contributed by atoms with E-state index in [1.165, 1.54) is 23.5 Å². The first-order valence-corrected chi connectivity index (χ1v) is 10.9. The van der Waals surface area contributed by atoms with E-state index >= 15 is 0 Å². The summed E-state index contributed by atoms with van der Waals surface area (Å²) in [5.41, 5.74) is 1.70. The Hall–Kier alpha value is -2.12. The number of rotatable bonds is 4. The molecule has 2 aromatic carbocycles. The zero-order valence-corrected chi connectivity index (χ0v) is 16.6. The lowest BCUT2D eigenvalue weighted by atomic mass is 9.96. The van der Waals surface area contributed by atoms with E-state index < -0.39 is 0 Å². The van der Waals surface area contributed by atoms with Gasteiger partial charge in [0.15, 0.2) is 5.13 Å². The lowest BCUT2D eigenvalue weighted by molar-refractivity contribution is -0.120. The number of thiazole rings is 1. The molecule has 140 valence electrons. The molecule has 1 aliphatic heterocycles. The molecule has 1 saturated heterocycles. The van der Waals surface area contributed by atoms with Crippen LogP contribution in [0.4, 0.5) is 15.2 Å². The van der Waals surface area contributed by atoms with Crippen LogP contribution in [0.1, 0.15) is 12.8 Å². The number of hydrogen-bond acceptors (Lipinski definition) is 5. The Labute approximate surface area is 165 Å². The van der Waals surface area contributed by atoms with E-state index in [2.05, 4.69) is 15.2 Å². The number of para-hydroxylation sites is 1. The van der Waals surface area contributed by atoms with Crippen molar-refractivity contribution in [3.05, 3.63) is 48.3 Å². The van der Waals surface area contributed by atoms with Gasteiger partial charge < -0.3 is 10.2 Å². The molecule has 0 saturated carbocycles. The molecule has 0 atom stereocenters. The molecule has 0 spiro atoms. The largest absolute Gasteiger partial charge is 0.348 e. The van der Waals surface area contributed by atoms with Crippen molar-refractivity contribution in [1.82, 2.24) is 4.98 Å². The predicted octanol–water partition coefficient (Wildman–Crippen LogP) is 5.01. The fraction of sp³-hybridized carbons (Fsp3) is 0.300. The number of nitrogens with one attached hydrogen (secondary N) is 1. The van der Waals surface area contributed by atoms with E-state index in [9.17, 15) is 9.18 Å². The first kappa shape index (κ1) is 18.3. The van der Waals surface area contributed by atoms with E-state index in [-0.39, 0.29) is 17.6 Å². The Morgan fingerprint density at radius 1 is 1.26 bits per heavy atom. The minimum atomic E-state index is -0.237. The summed E-state index contributed by atoms with van der Waals surface area (Å²) in [6.45, 7) is 1.56. The van der Waals surface area contributed by atoms with Crippen LogP contribution in [0.3, 0.4) is 0 Å². The van der Waals surface area contributed by atoms with Crippen LogP contribution in [0.2, 0.25) is 0 Å². The minimum Gasteiger partial charge on any atom is -0.348 e. The van der Waals surface area contributed by atoms with Crippen LogP contribution in [0.25, 0.3) is 10.2 Å². The van der Waals surface area contributed by atoms with Crippen LogP contribution in [0.5, 0.6) is 0 Å². The third-order valence-corrected chi connectivity index (χ3v) is 6.72. The fourth-order valence-electron chi connectivity index (χ4n) is 3.34. The maximum atomic E-state index is 13.4. The van der Waals surface area contributed by atoms with Crippen LogP contribution in [-0.4, -0.2) is 30.2 Å². The molecule has 1 fully saturated rings. The number of anilines is 2.